The van der Waals surface area contributed by atoms with Gasteiger partial charge in [0.1, 0.15) is 6.04 Å². The molecule has 0 aromatic heterocycles. The molecule has 0 radical (unpaired) electrons. The molecule has 2 atom stereocenters. The van der Waals surface area contributed by atoms with Crippen LogP contribution in [-0.4, -0.2) is 35.3 Å². The maximum atomic E-state index is 11.8. The Hall–Kier alpha value is -1.61. The van der Waals surface area contributed by atoms with Crippen LogP contribution in [0.3, 0.4) is 0 Å². The van der Waals surface area contributed by atoms with Gasteiger partial charge in [0.25, 0.3) is 0 Å². The third-order valence-electron chi connectivity index (χ3n) is 2.70. The highest BCUT2D eigenvalue weighted by Crippen LogP contribution is 2.17. The third-order valence-corrected chi connectivity index (χ3v) is 2.70. The first-order valence-corrected chi connectivity index (χ1v) is 5.30. The van der Waals surface area contributed by atoms with Gasteiger partial charge in [-0.15, -0.1) is 0 Å². The van der Waals surface area contributed by atoms with Crippen molar-refractivity contribution in [3.8, 4) is 6.07 Å². The quantitative estimate of drug-likeness (QED) is 0.643. The van der Waals surface area contributed by atoms with Crippen LogP contribution in [0.2, 0.25) is 0 Å². The van der Waals surface area contributed by atoms with Gasteiger partial charge in [0.15, 0.2) is 0 Å². The molecule has 6 nitrogen and oxygen atoms in total. The summed E-state index contributed by atoms with van der Waals surface area (Å²) >= 11 is 0. The molecule has 4 N–H and O–H groups in total. The molecular formula is C10H16N4O2. The van der Waals surface area contributed by atoms with E-state index >= 15 is 0 Å². The zero-order chi connectivity index (χ0) is 12.1. The molecule has 1 fully saturated rings. The lowest BCUT2D eigenvalue weighted by atomic mass is 10.1. The summed E-state index contributed by atoms with van der Waals surface area (Å²) in [5.74, 6) is -0.730. The number of nitriles is 1. The van der Waals surface area contributed by atoms with Crippen LogP contribution in [0.15, 0.2) is 0 Å². The number of amides is 2. The molecule has 88 valence electrons. The van der Waals surface area contributed by atoms with Gasteiger partial charge < -0.3 is 16.4 Å². The minimum Gasteiger partial charge on any atom is -0.370 e. The highest BCUT2D eigenvalue weighted by molar-refractivity contribution is 5.83. The Morgan fingerprint density at radius 2 is 2.25 bits per heavy atom. The molecule has 0 spiro atoms. The molecule has 16 heavy (non-hydrogen) atoms. The number of nitrogens with zero attached hydrogens (tertiary/aromatic N) is 2. The number of carbonyl (C=O) groups excluding carboxylic acids is 2. The fourth-order valence-electron chi connectivity index (χ4n) is 1.80. The zero-order valence-corrected chi connectivity index (χ0v) is 9.06. The third kappa shape index (κ3) is 2.94. The van der Waals surface area contributed by atoms with Gasteiger partial charge in [-0.1, -0.05) is 0 Å². The number of hydrogen-bond acceptors (Lipinski definition) is 4. The molecule has 1 aliphatic rings. The summed E-state index contributed by atoms with van der Waals surface area (Å²) in [6.45, 7) is 0.571. The van der Waals surface area contributed by atoms with Crippen LogP contribution < -0.4 is 11.5 Å². The molecule has 0 aliphatic carbocycles. The van der Waals surface area contributed by atoms with Crippen molar-refractivity contribution in [2.24, 2.45) is 11.5 Å². The average molecular weight is 224 g/mol. The smallest absolute Gasteiger partial charge is 0.240 e. The number of nitrogens with two attached hydrogens (primary N) is 2. The summed E-state index contributed by atoms with van der Waals surface area (Å²) in [5, 5.41) is 8.83. The molecule has 6 heteroatoms. The van der Waals surface area contributed by atoms with Crippen LogP contribution in [0.1, 0.15) is 25.7 Å². The minimum absolute atomic E-state index is 0.0952. The Bertz CT molecular complexity index is 323. The predicted octanol–water partition coefficient (Wildman–Crippen LogP) is -0.906. The summed E-state index contributed by atoms with van der Waals surface area (Å²) in [6.07, 6.45) is 1.86. The molecule has 2 amide bonds. The summed E-state index contributed by atoms with van der Waals surface area (Å²) in [6, 6.07) is 0.969. The van der Waals surface area contributed by atoms with E-state index < -0.39 is 11.9 Å². The number of primary amides is 1. The van der Waals surface area contributed by atoms with Gasteiger partial charge in [-0.25, -0.2) is 0 Å². The number of carbonyl (C=O) groups is 2. The van der Waals surface area contributed by atoms with Crippen molar-refractivity contribution >= 4 is 11.8 Å². The summed E-state index contributed by atoms with van der Waals surface area (Å²) in [5.41, 5.74) is 10.6. The van der Waals surface area contributed by atoms with E-state index in [0.29, 0.717) is 13.0 Å². The maximum Gasteiger partial charge on any atom is 0.240 e. The fraction of sp³-hybridized carbons (Fsp3) is 0.700. The van der Waals surface area contributed by atoms with Crippen LogP contribution in [-0.2, 0) is 9.59 Å². The molecule has 1 saturated heterocycles. The van der Waals surface area contributed by atoms with Gasteiger partial charge in [-0.2, -0.15) is 5.26 Å². The fourth-order valence-corrected chi connectivity index (χ4v) is 1.80. The Labute approximate surface area is 94.2 Å². The van der Waals surface area contributed by atoms with E-state index in [2.05, 4.69) is 6.07 Å². The van der Waals surface area contributed by atoms with Gasteiger partial charge in [0.05, 0.1) is 12.1 Å². The second kappa shape index (κ2) is 5.47. The largest absolute Gasteiger partial charge is 0.370 e. The number of hydrogen-bond donors (Lipinski definition) is 2. The van der Waals surface area contributed by atoms with Crippen LogP contribution in [0, 0.1) is 11.3 Å². The van der Waals surface area contributed by atoms with E-state index in [1.54, 1.807) is 0 Å². The molecule has 0 unspecified atom stereocenters. The lowest BCUT2D eigenvalue weighted by molar-refractivity contribution is -0.132. The number of likely N-dealkylation sites (tertiary alicyclic amines) is 1. The van der Waals surface area contributed by atoms with E-state index in [9.17, 15) is 9.59 Å². The standard InChI is InChI=1S/C10H16N4O2/c11-6-7-2-1-5-14(7)10(16)8(12)3-4-9(13)15/h7-8H,1-5,12H2,(H2,13,15)/t7-,8-/m0/s1. The van der Waals surface area contributed by atoms with E-state index in [4.69, 9.17) is 16.7 Å². The first-order valence-electron chi connectivity index (χ1n) is 5.30. The van der Waals surface area contributed by atoms with Crippen molar-refractivity contribution in [2.45, 2.75) is 37.8 Å². The molecule has 0 aromatic carbocycles. The van der Waals surface area contributed by atoms with Gasteiger partial charge in [0, 0.05) is 13.0 Å². The Balaban J connectivity index is 2.50. The van der Waals surface area contributed by atoms with Crippen LogP contribution in [0.4, 0.5) is 0 Å². The molecule has 1 aliphatic heterocycles. The Kier molecular flexibility index (Phi) is 4.26. The molecule has 1 rings (SSSR count). The van der Waals surface area contributed by atoms with E-state index in [0.717, 1.165) is 6.42 Å². The van der Waals surface area contributed by atoms with Crippen molar-refractivity contribution in [2.75, 3.05) is 6.54 Å². The SMILES string of the molecule is N#C[C@@H]1CCCN1C(=O)[C@@H](N)CCC(N)=O. The van der Waals surface area contributed by atoms with E-state index in [-0.39, 0.29) is 24.8 Å². The predicted molar refractivity (Wildman–Crippen MR) is 56.8 cm³/mol. The molecule has 0 aromatic rings. The Morgan fingerprint density at radius 3 is 2.81 bits per heavy atom. The van der Waals surface area contributed by atoms with Crippen molar-refractivity contribution < 1.29 is 9.59 Å². The van der Waals surface area contributed by atoms with Crippen LogP contribution in [0.25, 0.3) is 0 Å². The Morgan fingerprint density at radius 1 is 1.56 bits per heavy atom. The van der Waals surface area contributed by atoms with Gasteiger partial charge in [-0.05, 0) is 19.3 Å². The second-order valence-electron chi connectivity index (χ2n) is 3.93. The minimum atomic E-state index is -0.735. The van der Waals surface area contributed by atoms with Gasteiger partial charge >= 0.3 is 0 Å². The first-order chi connectivity index (χ1) is 7.56. The maximum absolute atomic E-state index is 11.8. The topological polar surface area (TPSA) is 113 Å². The highest BCUT2D eigenvalue weighted by atomic mass is 16.2. The zero-order valence-electron chi connectivity index (χ0n) is 9.06. The molecule has 1 heterocycles. The lowest BCUT2D eigenvalue weighted by Crippen LogP contribution is -2.45. The highest BCUT2D eigenvalue weighted by Gasteiger charge is 2.31. The van der Waals surface area contributed by atoms with Crippen LogP contribution >= 0.6 is 0 Å². The average Bonchev–Trinajstić information content (AvgIpc) is 2.72. The van der Waals surface area contributed by atoms with Gasteiger partial charge in [-0.3, -0.25) is 9.59 Å². The molecule has 0 saturated carbocycles. The van der Waals surface area contributed by atoms with Gasteiger partial charge in [0.2, 0.25) is 11.8 Å². The van der Waals surface area contributed by atoms with E-state index in [1.165, 1.54) is 4.90 Å². The number of rotatable bonds is 4. The van der Waals surface area contributed by atoms with Crippen molar-refractivity contribution in [1.82, 2.24) is 4.90 Å². The normalized spacial score (nSPS) is 21.5. The summed E-state index contributed by atoms with van der Waals surface area (Å²) in [4.78, 5) is 23.9. The van der Waals surface area contributed by atoms with E-state index in [1.807, 2.05) is 0 Å². The van der Waals surface area contributed by atoms with Crippen molar-refractivity contribution in [3.63, 3.8) is 0 Å². The molecule has 0 bridgehead atoms. The van der Waals surface area contributed by atoms with Crippen molar-refractivity contribution in [1.29, 1.82) is 5.26 Å². The monoisotopic (exact) mass is 224 g/mol. The molecular weight excluding hydrogens is 208 g/mol. The summed E-state index contributed by atoms with van der Waals surface area (Å²) in [7, 11) is 0. The lowest BCUT2D eigenvalue weighted by Gasteiger charge is -2.22. The summed E-state index contributed by atoms with van der Waals surface area (Å²) < 4.78 is 0. The second-order valence-corrected chi connectivity index (χ2v) is 3.93. The first kappa shape index (κ1) is 12.5. The van der Waals surface area contributed by atoms with Crippen molar-refractivity contribution in [3.05, 3.63) is 0 Å². The van der Waals surface area contributed by atoms with Crippen LogP contribution in [0.5, 0.6) is 0 Å².